The highest BCUT2D eigenvalue weighted by Crippen LogP contribution is 2.44. The van der Waals surface area contributed by atoms with Gasteiger partial charge < -0.3 is 19.7 Å². The second-order valence-electron chi connectivity index (χ2n) is 9.02. The fourth-order valence-corrected chi connectivity index (χ4v) is 5.76. The lowest BCUT2D eigenvalue weighted by Crippen LogP contribution is -2.29. The van der Waals surface area contributed by atoms with Gasteiger partial charge in [-0.25, -0.2) is 0 Å². The molecule has 1 N–H and O–H groups in total. The van der Waals surface area contributed by atoms with Crippen molar-refractivity contribution in [3.63, 3.8) is 0 Å². The van der Waals surface area contributed by atoms with Crippen LogP contribution in [0.5, 0.6) is 0 Å². The molecule has 2 aromatic carbocycles. The predicted molar refractivity (Wildman–Crippen MR) is 152 cm³/mol. The van der Waals surface area contributed by atoms with Crippen molar-refractivity contribution in [3.8, 4) is 5.69 Å². The smallest absolute Gasteiger partial charge is 0.174 e. The quantitative estimate of drug-likeness (QED) is 0.290. The van der Waals surface area contributed by atoms with Gasteiger partial charge in [-0.3, -0.25) is 4.98 Å². The summed E-state index contributed by atoms with van der Waals surface area (Å²) in [5.41, 5.74) is 7.88. The lowest BCUT2D eigenvalue weighted by atomic mass is 9.96. The third kappa shape index (κ3) is 4.23. The van der Waals surface area contributed by atoms with Gasteiger partial charge in [0, 0.05) is 47.5 Å². The summed E-state index contributed by atoms with van der Waals surface area (Å²) in [6.45, 7) is 4.34. The van der Waals surface area contributed by atoms with Gasteiger partial charge in [0.1, 0.15) is 0 Å². The van der Waals surface area contributed by atoms with E-state index in [0.717, 1.165) is 27.2 Å². The van der Waals surface area contributed by atoms with Crippen molar-refractivity contribution in [1.82, 2.24) is 14.9 Å². The number of hydrogen-bond acceptors (Lipinski definition) is 3. The summed E-state index contributed by atoms with van der Waals surface area (Å²) < 4.78 is 3.37. The van der Waals surface area contributed by atoms with Crippen LogP contribution in [0.15, 0.2) is 83.5 Å². The second-order valence-corrected chi connectivity index (χ2v) is 10.3. The molecule has 178 valence electrons. The number of nitrogens with one attached hydrogen (secondary N) is 1. The Bertz CT molecular complexity index is 1360. The van der Waals surface area contributed by atoms with E-state index in [1.165, 1.54) is 17.0 Å². The maximum absolute atomic E-state index is 5.92. The molecule has 0 spiro atoms. The standard InChI is InChI=1S/C28H28BrN5S/c1-18-17-22(19(2)33(18)25-11-6-5-9-23(25)29)27-26(24-10-7-8-16-30-24)31-28(35)34(27)21-14-12-20(13-15-21)32(3)4/h5-17,26-27H,1-4H3,(H,31,35). The monoisotopic (exact) mass is 545 g/mol. The van der Waals surface area contributed by atoms with Crippen molar-refractivity contribution in [3.05, 3.63) is 106 Å². The lowest BCUT2D eigenvalue weighted by molar-refractivity contribution is 0.565. The first kappa shape index (κ1) is 23.6. The van der Waals surface area contributed by atoms with Gasteiger partial charge in [-0.05, 0) is 102 Å². The number of pyridine rings is 1. The predicted octanol–water partition coefficient (Wildman–Crippen LogP) is 6.49. The Morgan fingerprint density at radius 3 is 2.34 bits per heavy atom. The van der Waals surface area contributed by atoms with Gasteiger partial charge >= 0.3 is 0 Å². The average molecular weight is 547 g/mol. The molecule has 0 amide bonds. The number of halogens is 1. The Morgan fingerprint density at radius 1 is 0.971 bits per heavy atom. The van der Waals surface area contributed by atoms with Gasteiger partial charge in [0.25, 0.3) is 0 Å². The van der Waals surface area contributed by atoms with E-state index in [4.69, 9.17) is 17.2 Å². The molecule has 0 saturated carbocycles. The number of hydrogen-bond donors (Lipinski definition) is 1. The molecule has 1 saturated heterocycles. The maximum atomic E-state index is 5.92. The maximum Gasteiger partial charge on any atom is 0.174 e. The van der Waals surface area contributed by atoms with E-state index in [0.29, 0.717) is 5.11 Å². The zero-order chi connectivity index (χ0) is 24.7. The van der Waals surface area contributed by atoms with Crippen LogP contribution in [0.3, 0.4) is 0 Å². The molecule has 0 bridgehead atoms. The van der Waals surface area contributed by atoms with Crippen molar-refractivity contribution in [2.75, 3.05) is 23.9 Å². The van der Waals surface area contributed by atoms with Crippen LogP contribution >= 0.6 is 28.1 Å². The van der Waals surface area contributed by atoms with Gasteiger partial charge in [-0.1, -0.05) is 18.2 Å². The molecule has 0 radical (unpaired) electrons. The molecular weight excluding hydrogens is 518 g/mol. The molecule has 2 unspecified atom stereocenters. The number of anilines is 2. The first-order valence-corrected chi connectivity index (χ1v) is 12.8. The summed E-state index contributed by atoms with van der Waals surface area (Å²) in [6.07, 6.45) is 1.84. The molecule has 5 rings (SSSR count). The molecule has 35 heavy (non-hydrogen) atoms. The molecule has 2 aromatic heterocycles. The first-order valence-electron chi connectivity index (χ1n) is 11.6. The summed E-state index contributed by atoms with van der Waals surface area (Å²) in [5.74, 6) is 0. The fourth-order valence-electron chi connectivity index (χ4n) is 4.95. The molecule has 1 aliphatic heterocycles. The topological polar surface area (TPSA) is 36.3 Å². The molecule has 4 aromatic rings. The zero-order valence-corrected chi connectivity index (χ0v) is 22.6. The van der Waals surface area contributed by atoms with Crippen molar-refractivity contribution in [1.29, 1.82) is 0 Å². The van der Waals surface area contributed by atoms with Crippen LogP contribution in [0.4, 0.5) is 11.4 Å². The number of thiocarbonyl (C=S) groups is 1. The van der Waals surface area contributed by atoms with Crippen LogP contribution < -0.4 is 15.1 Å². The van der Waals surface area contributed by atoms with Crippen LogP contribution in [0.1, 0.15) is 34.7 Å². The Hall–Kier alpha value is -3.16. The third-order valence-corrected chi connectivity index (χ3v) is 7.61. The fraction of sp³-hybridized carbons (Fsp3) is 0.214. The number of para-hydroxylation sites is 1. The zero-order valence-electron chi connectivity index (χ0n) is 20.2. The number of rotatable bonds is 5. The largest absolute Gasteiger partial charge is 0.378 e. The number of aryl methyl sites for hydroxylation is 1. The van der Waals surface area contributed by atoms with Crippen LogP contribution in [-0.2, 0) is 0 Å². The van der Waals surface area contributed by atoms with Crippen molar-refractivity contribution < 1.29 is 0 Å². The van der Waals surface area contributed by atoms with E-state index in [2.05, 4.69) is 104 Å². The molecule has 3 heterocycles. The molecular formula is C28H28BrN5S. The summed E-state index contributed by atoms with van der Waals surface area (Å²) in [6, 6.07) is 25.1. The molecule has 2 atom stereocenters. The highest BCUT2D eigenvalue weighted by Gasteiger charge is 2.42. The van der Waals surface area contributed by atoms with E-state index in [1.54, 1.807) is 0 Å². The van der Waals surface area contributed by atoms with E-state index >= 15 is 0 Å². The molecule has 1 fully saturated rings. The van der Waals surface area contributed by atoms with Crippen LogP contribution in [-0.4, -0.2) is 28.8 Å². The summed E-state index contributed by atoms with van der Waals surface area (Å²) in [4.78, 5) is 9.04. The highest BCUT2D eigenvalue weighted by molar-refractivity contribution is 9.10. The molecule has 1 aliphatic rings. The normalized spacial score (nSPS) is 17.5. The van der Waals surface area contributed by atoms with E-state index in [1.807, 2.05) is 38.5 Å². The Kier molecular flexibility index (Phi) is 6.38. The Morgan fingerprint density at radius 2 is 1.69 bits per heavy atom. The third-order valence-electron chi connectivity index (χ3n) is 6.62. The Balaban J connectivity index is 1.67. The van der Waals surface area contributed by atoms with Crippen molar-refractivity contribution in [2.45, 2.75) is 25.9 Å². The van der Waals surface area contributed by atoms with Crippen LogP contribution in [0.2, 0.25) is 0 Å². The lowest BCUT2D eigenvalue weighted by Gasteiger charge is -2.28. The van der Waals surface area contributed by atoms with Gasteiger partial charge in [0.15, 0.2) is 5.11 Å². The van der Waals surface area contributed by atoms with Gasteiger partial charge in [-0.15, -0.1) is 0 Å². The van der Waals surface area contributed by atoms with Gasteiger partial charge in [0.2, 0.25) is 0 Å². The average Bonchev–Trinajstić information content (AvgIpc) is 3.35. The minimum Gasteiger partial charge on any atom is -0.378 e. The first-order chi connectivity index (χ1) is 16.9. The molecule has 5 nitrogen and oxygen atoms in total. The van der Waals surface area contributed by atoms with Crippen molar-refractivity contribution >= 4 is 44.6 Å². The van der Waals surface area contributed by atoms with E-state index in [-0.39, 0.29) is 12.1 Å². The SMILES string of the molecule is Cc1cc(C2C(c3ccccn3)NC(=S)N2c2ccc(N(C)C)cc2)c(C)n1-c1ccccc1Br. The van der Waals surface area contributed by atoms with Gasteiger partial charge in [-0.2, -0.15) is 0 Å². The van der Waals surface area contributed by atoms with E-state index in [9.17, 15) is 0 Å². The minimum atomic E-state index is -0.0783. The number of aromatic nitrogens is 2. The van der Waals surface area contributed by atoms with Crippen LogP contribution in [0.25, 0.3) is 5.69 Å². The minimum absolute atomic E-state index is 0.0509. The molecule has 0 aliphatic carbocycles. The van der Waals surface area contributed by atoms with Crippen LogP contribution in [0, 0.1) is 13.8 Å². The highest BCUT2D eigenvalue weighted by atomic mass is 79.9. The number of nitrogens with zero attached hydrogens (tertiary/aromatic N) is 4. The second kappa shape index (κ2) is 9.47. The van der Waals surface area contributed by atoms with Crippen molar-refractivity contribution in [2.24, 2.45) is 0 Å². The summed E-state index contributed by atoms with van der Waals surface area (Å²) >= 11 is 9.66. The number of benzene rings is 2. The summed E-state index contributed by atoms with van der Waals surface area (Å²) in [7, 11) is 4.10. The van der Waals surface area contributed by atoms with E-state index < -0.39 is 0 Å². The Labute approximate surface area is 220 Å². The van der Waals surface area contributed by atoms with Gasteiger partial charge in [0.05, 0.1) is 23.5 Å². The molecule has 7 heteroatoms. The summed E-state index contributed by atoms with van der Waals surface area (Å²) in [5, 5.41) is 4.28.